The zero-order chi connectivity index (χ0) is 4.50. The molecule has 0 saturated heterocycles. The van der Waals surface area contributed by atoms with E-state index in [1.54, 1.807) is 0 Å². The molecule has 0 heterocycles. The van der Waals surface area contributed by atoms with Crippen LogP contribution in [0.1, 0.15) is 0 Å². The average Bonchev–Trinajstić information content (AvgIpc) is 0.722. The molecule has 6 heteroatoms. The van der Waals surface area contributed by atoms with Crippen LogP contribution in [0.4, 0.5) is 0 Å². The fraction of sp³-hybridized carbons (Fsp3) is 0. The Morgan fingerprint density at radius 1 is 1.17 bits per heavy atom. The molecular formula is HClO4Th. The molecule has 0 bridgehead atoms. The molecule has 1 N–H and O–H groups in total. The van der Waals surface area contributed by atoms with Gasteiger partial charge in [-0.3, -0.25) is 0 Å². The van der Waals surface area contributed by atoms with Crippen LogP contribution in [0.25, 0.3) is 0 Å². The smallest absolute Gasteiger partial charge is 0.0777 e. The third-order valence-electron chi connectivity index (χ3n) is 0. The van der Waals surface area contributed by atoms with E-state index in [4.69, 9.17) is 18.6 Å². The maximum atomic E-state index is 8.60. The number of halogens is 1. The first-order valence-corrected chi connectivity index (χ1v) is 1.90. The van der Waals surface area contributed by atoms with Gasteiger partial charge in [0.15, 0.2) is 0 Å². The summed E-state index contributed by atoms with van der Waals surface area (Å²) in [5.74, 6) is 0. The van der Waals surface area contributed by atoms with Crippen LogP contribution in [0.2, 0.25) is 0 Å². The normalized spacial score (nSPS) is 10.0. The van der Waals surface area contributed by atoms with Gasteiger partial charge in [-0.1, -0.05) is 0 Å². The predicted molar refractivity (Wildman–Crippen MR) is 2.22 cm³/mol. The monoisotopic (exact) mass is 332 g/mol. The molecule has 0 spiro atoms. The summed E-state index contributed by atoms with van der Waals surface area (Å²) in [6, 6.07) is 0. The van der Waals surface area contributed by atoms with Gasteiger partial charge in [0.1, 0.15) is 0 Å². The maximum absolute atomic E-state index is 8.60. The summed E-state index contributed by atoms with van der Waals surface area (Å²) in [6.07, 6.45) is 0. The minimum absolute atomic E-state index is 0. The first-order valence-electron chi connectivity index (χ1n) is 0.632. The van der Waals surface area contributed by atoms with Crippen LogP contribution < -0.4 is 14.0 Å². The topological polar surface area (TPSA) is 89.4 Å². The Balaban J connectivity index is 0. The fourth-order valence-corrected chi connectivity index (χ4v) is 0. The Bertz CT molecular complexity index is 23.0. The molecule has 0 aliphatic heterocycles. The van der Waals surface area contributed by atoms with E-state index in [9.17, 15) is 0 Å². The van der Waals surface area contributed by atoms with E-state index in [0.29, 0.717) is 0 Å². The van der Waals surface area contributed by atoms with Crippen LogP contribution in [0.5, 0.6) is 0 Å². The molecule has 0 atom stereocenters. The quantitative estimate of drug-likeness (QED) is 0.488. The molecule has 4 nitrogen and oxygen atoms in total. The van der Waals surface area contributed by atoms with Gasteiger partial charge in [-0.2, -0.15) is 14.0 Å². The second-order valence-corrected chi connectivity index (χ2v) is 1.19. The molecule has 0 fully saturated rings. The minimum Gasteiger partial charge on any atom is -0.183 e. The van der Waals surface area contributed by atoms with Crippen molar-refractivity contribution in [3.8, 4) is 0 Å². The second-order valence-electron chi connectivity index (χ2n) is 0.396. The van der Waals surface area contributed by atoms with E-state index < -0.39 is 10.2 Å². The van der Waals surface area contributed by atoms with Crippen molar-refractivity contribution in [2.75, 3.05) is 0 Å². The zero-order valence-electron chi connectivity index (χ0n) is 2.55. The summed E-state index contributed by atoms with van der Waals surface area (Å²) in [7, 11) is -4.69. The van der Waals surface area contributed by atoms with Crippen LogP contribution in [-0.4, -0.2) is 4.66 Å². The van der Waals surface area contributed by atoms with Crippen LogP contribution in [0.3, 0.4) is 0 Å². The van der Waals surface area contributed by atoms with Crippen LogP contribution in [0, 0.1) is 50.2 Å². The Kier molecular flexibility index (Phi) is 6.01. The first-order chi connectivity index (χ1) is 2.00. The molecule has 0 amide bonds. The molecule has 0 aliphatic carbocycles. The van der Waals surface area contributed by atoms with Crippen molar-refractivity contribution < 1.29 is 68.8 Å². The third-order valence-corrected chi connectivity index (χ3v) is 0. The summed E-state index contributed by atoms with van der Waals surface area (Å²) < 4.78 is 32.7. The fourth-order valence-electron chi connectivity index (χ4n) is 0. The van der Waals surface area contributed by atoms with Crippen LogP contribution in [0.15, 0.2) is 0 Å². The van der Waals surface area contributed by atoms with Gasteiger partial charge in [0.05, 0.1) is 14.9 Å². The van der Waals surface area contributed by atoms with E-state index in [0.717, 1.165) is 0 Å². The van der Waals surface area contributed by atoms with Gasteiger partial charge in [-0.15, -0.1) is 0 Å². The first kappa shape index (κ1) is 10.4. The Hall–Kier alpha value is 1.45. The van der Waals surface area contributed by atoms with Gasteiger partial charge < -0.3 is 0 Å². The van der Waals surface area contributed by atoms with Crippen molar-refractivity contribution in [3.05, 3.63) is 0 Å². The number of hydrogen-bond acceptors (Lipinski definition) is 4. The molecule has 0 rings (SSSR count). The van der Waals surface area contributed by atoms with Crippen molar-refractivity contribution >= 4 is 0 Å². The zero-order valence-corrected chi connectivity index (χ0v) is 7.42. The van der Waals surface area contributed by atoms with Crippen LogP contribution >= 0.6 is 0 Å². The molecular weight excluding hydrogens is 331 g/mol. The minimum atomic E-state index is -4.69. The number of hydrogen-bond donors (Lipinski definition) is 1. The molecule has 0 aromatic heterocycles. The number of rotatable bonds is 0. The van der Waals surface area contributed by atoms with Gasteiger partial charge in [0.25, 0.3) is 0 Å². The Morgan fingerprint density at radius 3 is 1.17 bits per heavy atom. The molecule has 0 saturated carbocycles. The van der Waals surface area contributed by atoms with Crippen molar-refractivity contribution in [2.45, 2.75) is 0 Å². The maximum Gasteiger partial charge on any atom is 0.0777 e. The van der Waals surface area contributed by atoms with Gasteiger partial charge in [0.2, 0.25) is 0 Å². The summed E-state index contributed by atoms with van der Waals surface area (Å²) in [4.78, 5) is 0. The summed E-state index contributed by atoms with van der Waals surface area (Å²) >= 11 is 0. The van der Waals surface area contributed by atoms with Crippen molar-refractivity contribution in [2.24, 2.45) is 0 Å². The molecule has 0 aromatic carbocycles. The van der Waals surface area contributed by atoms with E-state index in [-0.39, 0.29) is 39.9 Å². The van der Waals surface area contributed by atoms with Gasteiger partial charge in [-0.05, 0) is 0 Å². The van der Waals surface area contributed by atoms with Gasteiger partial charge in [-0.25, -0.2) is 0 Å². The van der Waals surface area contributed by atoms with Crippen LogP contribution in [-0.2, 0) is 0 Å². The largest absolute Gasteiger partial charge is 0.183 e. The molecule has 0 aromatic rings. The predicted octanol–water partition coefficient (Wildman–Crippen LogP) is -4.12. The van der Waals surface area contributed by atoms with Gasteiger partial charge in [0, 0.05) is 39.9 Å². The summed E-state index contributed by atoms with van der Waals surface area (Å²) in [6.45, 7) is 0. The summed E-state index contributed by atoms with van der Waals surface area (Å²) in [5, 5.41) is 0. The van der Waals surface area contributed by atoms with E-state index in [1.807, 2.05) is 0 Å². The SMILES string of the molecule is [O-][Cl+3]([O-])([O-])O.[Th]. The van der Waals surface area contributed by atoms with Gasteiger partial charge >= 0.3 is 0 Å². The van der Waals surface area contributed by atoms with E-state index >= 15 is 0 Å². The molecule has 0 unspecified atom stereocenters. The third kappa shape index (κ3) is 51.2. The van der Waals surface area contributed by atoms with Crippen molar-refractivity contribution in [1.29, 1.82) is 0 Å². The second kappa shape index (κ2) is 3.46. The van der Waals surface area contributed by atoms with E-state index in [2.05, 4.69) is 0 Å². The molecule has 0 aliphatic rings. The van der Waals surface area contributed by atoms with Crippen molar-refractivity contribution in [3.63, 3.8) is 0 Å². The molecule has 6 heavy (non-hydrogen) atoms. The van der Waals surface area contributed by atoms with Crippen molar-refractivity contribution in [1.82, 2.24) is 0 Å². The average molecular weight is 332 g/mol. The van der Waals surface area contributed by atoms with E-state index in [1.165, 1.54) is 0 Å². The summed E-state index contributed by atoms with van der Waals surface area (Å²) in [5.41, 5.74) is 0. The molecule has 0 radical (unpaired) electrons. The standard InChI is InChI=1S/ClHO4.Th/c2-1(3,4)5;/h(H,2,3,4,5);. The Morgan fingerprint density at radius 2 is 1.17 bits per heavy atom. The Labute approximate surface area is 68.2 Å². The molecule has 36 valence electrons.